The largest absolute Gasteiger partial charge is 0.362 e. The number of aromatic nitrogens is 2. The number of rotatable bonds is 1. The van der Waals surface area contributed by atoms with Crippen molar-refractivity contribution < 1.29 is 0 Å². The Labute approximate surface area is 91.5 Å². The van der Waals surface area contributed by atoms with E-state index in [-0.39, 0.29) is 5.69 Å². The van der Waals surface area contributed by atoms with Gasteiger partial charge in [-0.05, 0) is 18.2 Å². The highest BCUT2D eigenvalue weighted by Gasteiger charge is 2.06. The summed E-state index contributed by atoms with van der Waals surface area (Å²) in [6.07, 6.45) is 0. The van der Waals surface area contributed by atoms with Crippen LogP contribution in [-0.2, 0) is 0 Å². The third-order valence-corrected chi connectivity index (χ3v) is 2.33. The summed E-state index contributed by atoms with van der Waals surface area (Å²) in [5.41, 5.74) is 0.333. The summed E-state index contributed by atoms with van der Waals surface area (Å²) >= 11 is 5.85. The SMILES string of the molecule is CN(C)c1nc(=O)[nH]c2cc(Cl)ccc12. The number of halogens is 1. The molecule has 1 aromatic carbocycles. The molecule has 78 valence electrons. The summed E-state index contributed by atoms with van der Waals surface area (Å²) < 4.78 is 0. The molecule has 0 atom stereocenters. The van der Waals surface area contributed by atoms with E-state index in [9.17, 15) is 4.79 Å². The van der Waals surface area contributed by atoms with Crippen LogP contribution in [0.25, 0.3) is 10.9 Å². The van der Waals surface area contributed by atoms with Gasteiger partial charge in [0.1, 0.15) is 5.82 Å². The lowest BCUT2D eigenvalue weighted by atomic mass is 10.2. The van der Waals surface area contributed by atoms with E-state index in [4.69, 9.17) is 11.6 Å². The Bertz CT molecular complexity index is 562. The molecule has 0 aliphatic rings. The first-order valence-electron chi connectivity index (χ1n) is 4.45. The number of fused-ring (bicyclic) bond motifs is 1. The van der Waals surface area contributed by atoms with Crippen LogP contribution < -0.4 is 10.6 Å². The lowest BCUT2D eigenvalue weighted by Gasteiger charge is -2.13. The standard InChI is InChI=1S/C10H10ClN3O/c1-14(2)9-7-4-3-6(11)5-8(7)12-10(15)13-9/h3-5H,1-2H3,(H,12,13,15). The molecule has 0 bridgehead atoms. The van der Waals surface area contributed by atoms with Gasteiger partial charge in [0.05, 0.1) is 5.52 Å². The molecule has 0 saturated heterocycles. The molecule has 15 heavy (non-hydrogen) atoms. The Kier molecular flexibility index (Phi) is 2.36. The average Bonchev–Trinajstić information content (AvgIpc) is 2.15. The molecule has 1 heterocycles. The summed E-state index contributed by atoms with van der Waals surface area (Å²) in [5, 5.41) is 1.47. The molecule has 1 aromatic heterocycles. The number of hydrogen-bond acceptors (Lipinski definition) is 3. The number of benzene rings is 1. The summed E-state index contributed by atoms with van der Waals surface area (Å²) in [6, 6.07) is 5.33. The first-order valence-corrected chi connectivity index (χ1v) is 4.82. The number of H-pyrrole nitrogens is 1. The van der Waals surface area contributed by atoms with Crippen LogP contribution in [0.4, 0.5) is 5.82 Å². The van der Waals surface area contributed by atoms with Gasteiger partial charge in [-0.3, -0.25) is 0 Å². The van der Waals surface area contributed by atoms with E-state index in [1.807, 2.05) is 20.2 Å². The Morgan fingerprint density at radius 2 is 2.13 bits per heavy atom. The van der Waals surface area contributed by atoms with Crippen molar-refractivity contribution in [3.8, 4) is 0 Å². The van der Waals surface area contributed by atoms with Crippen LogP contribution in [0.3, 0.4) is 0 Å². The van der Waals surface area contributed by atoms with Crippen molar-refractivity contribution in [1.82, 2.24) is 9.97 Å². The number of hydrogen-bond donors (Lipinski definition) is 1. The molecule has 0 aliphatic heterocycles. The quantitative estimate of drug-likeness (QED) is 0.800. The highest BCUT2D eigenvalue weighted by molar-refractivity contribution is 6.31. The number of aromatic amines is 1. The minimum atomic E-state index is -0.367. The Morgan fingerprint density at radius 3 is 2.80 bits per heavy atom. The molecule has 0 unspecified atom stereocenters. The first kappa shape index (κ1) is 9.98. The van der Waals surface area contributed by atoms with Gasteiger partial charge in [0.15, 0.2) is 0 Å². The van der Waals surface area contributed by atoms with Crippen molar-refractivity contribution in [3.63, 3.8) is 0 Å². The van der Waals surface area contributed by atoms with Gasteiger partial charge in [-0.25, -0.2) is 4.79 Å². The Morgan fingerprint density at radius 1 is 1.40 bits per heavy atom. The zero-order chi connectivity index (χ0) is 11.0. The molecule has 0 radical (unpaired) electrons. The second kappa shape index (κ2) is 3.55. The van der Waals surface area contributed by atoms with Crippen molar-refractivity contribution in [1.29, 1.82) is 0 Å². The van der Waals surface area contributed by atoms with Crippen LogP contribution in [0.15, 0.2) is 23.0 Å². The van der Waals surface area contributed by atoms with Crippen LogP contribution in [0.2, 0.25) is 5.02 Å². The third kappa shape index (κ3) is 1.80. The van der Waals surface area contributed by atoms with Crippen LogP contribution in [-0.4, -0.2) is 24.1 Å². The molecule has 4 nitrogen and oxygen atoms in total. The van der Waals surface area contributed by atoms with Gasteiger partial charge in [-0.15, -0.1) is 0 Å². The fraction of sp³-hybridized carbons (Fsp3) is 0.200. The van der Waals surface area contributed by atoms with Gasteiger partial charge in [0, 0.05) is 24.5 Å². The molecule has 0 amide bonds. The van der Waals surface area contributed by atoms with Crippen LogP contribution in [0.1, 0.15) is 0 Å². The normalized spacial score (nSPS) is 10.6. The summed E-state index contributed by atoms with van der Waals surface area (Å²) in [6.45, 7) is 0. The van der Waals surface area contributed by atoms with Crippen LogP contribution in [0.5, 0.6) is 0 Å². The molecular weight excluding hydrogens is 214 g/mol. The zero-order valence-electron chi connectivity index (χ0n) is 8.41. The minimum Gasteiger partial charge on any atom is -0.362 e. The van der Waals surface area contributed by atoms with Crippen molar-refractivity contribution in [3.05, 3.63) is 33.7 Å². The van der Waals surface area contributed by atoms with E-state index in [0.717, 1.165) is 5.39 Å². The maximum absolute atomic E-state index is 11.3. The number of anilines is 1. The van der Waals surface area contributed by atoms with Crippen molar-refractivity contribution in [2.75, 3.05) is 19.0 Å². The van der Waals surface area contributed by atoms with E-state index < -0.39 is 0 Å². The highest BCUT2D eigenvalue weighted by Crippen LogP contribution is 2.22. The first-order chi connectivity index (χ1) is 7.08. The fourth-order valence-corrected chi connectivity index (χ4v) is 1.63. The molecule has 0 aliphatic carbocycles. The van der Waals surface area contributed by atoms with Gasteiger partial charge in [-0.2, -0.15) is 4.98 Å². The van der Waals surface area contributed by atoms with Gasteiger partial charge in [0.2, 0.25) is 0 Å². The van der Waals surface area contributed by atoms with Crippen LogP contribution in [0, 0.1) is 0 Å². The third-order valence-electron chi connectivity index (χ3n) is 2.10. The van der Waals surface area contributed by atoms with Crippen molar-refractivity contribution in [2.24, 2.45) is 0 Å². The fourth-order valence-electron chi connectivity index (χ4n) is 1.46. The maximum Gasteiger partial charge on any atom is 0.347 e. The molecule has 2 rings (SSSR count). The van der Waals surface area contributed by atoms with Gasteiger partial charge in [-0.1, -0.05) is 11.6 Å². The van der Waals surface area contributed by atoms with Crippen molar-refractivity contribution >= 4 is 28.3 Å². The van der Waals surface area contributed by atoms with E-state index in [0.29, 0.717) is 16.4 Å². The molecule has 2 aromatic rings. The van der Waals surface area contributed by atoms with E-state index in [1.54, 1.807) is 17.0 Å². The van der Waals surface area contributed by atoms with Gasteiger partial charge < -0.3 is 9.88 Å². The van der Waals surface area contributed by atoms with Gasteiger partial charge >= 0.3 is 5.69 Å². The second-order valence-corrected chi connectivity index (χ2v) is 3.89. The molecule has 5 heteroatoms. The predicted octanol–water partition coefficient (Wildman–Crippen LogP) is 1.64. The smallest absolute Gasteiger partial charge is 0.347 e. The zero-order valence-corrected chi connectivity index (χ0v) is 9.17. The molecule has 0 spiro atoms. The Hall–Kier alpha value is -1.55. The topological polar surface area (TPSA) is 49.0 Å². The van der Waals surface area contributed by atoms with Crippen molar-refractivity contribution in [2.45, 2.75) is 0 Å². The lowest BCUT2D eigenvalue weighted by molar-refractivity contribution is 1.03. The number of nitrogens with zero attached hydrogens (tertiary/aromatic N) is 2. The summed E-state index contributed by atoms with van der Waals surface area (Å²) in [7, 11) is 3.69. The highest BCUT2D eigenvalue weighted by atomic mass is 35.5. The minimum absolute atomic E-state index is 0.367. The molecular formula is C10H10ClN3O. The summed E-state index contributed by atoms with van der Waals surface area (Å²) in [4.78, 5) is 19.6. The Balaban J connectivity index is 2.86. The van der Waals surface area contributed by atoms with Gasteiger partial charge in [0.25, 0.3) is 0 Å². The monoisotopic (exact) mass is 223 g/mol. The van der Waals surface area contributed by atoms with E-state index in [2.05, 4.69) is 9.97 Å². The average molecular weight is 224 g/mol. The molecule has 0 fully saturated rings. The van der Waals surface area contributed by atoms with Crippen LogP contribution >= 0.6 is 11.6 Å². The molecule has 0 saturated carbocycles. The molecule has 1 N–H and O–H groups in total. The lowest BCUT2D eigenvalue weighted by Crippen LogP contribution is -2.18. The van der Waals surface area contributed by atoms with E-state index in [1.165, 1.54) is 0 Å². The van der Waals surface area contributed by atoms with E-state index >= 15 is 0 Å². The maximum atomic E-state index is 11.3. The summed E-state index contributed by atoms with van der Waals surface area (Å²) in [5.74, 6) is 0.644. The predicted molar refractivity (Wildman–Crippen MR) is 61.7 cm³/mol. The number of nitrogens with one attached hydrogen (secondary N) is 1. The second-order valence-electron chi connectivity index (χ2n) is 3.45.